The lowest BCUT2D eigenvalue weighted by molar-refractivity contribution is -0.219. The van der Waals surface area contributed by atoms with Crippen molar-refractivity contribution >= 4 is 11.9 Å². The Labute approximate surface area is 183 Å². The molecule has 170 valence electrons. The van der Waals surface area contributed by atoms with Gasteiger partial charge in [-0.1, -0.05) is 34.3 Å². The number of carbonyl (C=O) groups is 2. The molecule has 2 unspecified atom stereocenters. The molecule has 4 aliphatic carbocycles. The average molecular weight is 419 g/mol. The highest BCUT2D eigenvalue weighted by atomic mass is 16.6. The van der Waals surface area contributed by atoms with Crippen molar-refractivity contribution in [2.45, 2.75) is 104 Å². The number of ether oxygens (including phenoxy) is 2. The molecule has 0 aromatic rings. The van der Waals surface area contributed by atoms with E-state index in [4.69, 9.17) is 9.47 Å². The molecular weight excluding hydrogens is 376 g/mol. The summed E-state index contributed by atoms with van der Waals surface area (Å²) in [7, 11) is 0. The minimum Gasteiger partial charge on any atom is -0.458 e. The molecule has 0 saturated heterocycles. The fraction of sp³-hybridized carbons (Fsp3) is 0.846. The Kier molecular flexibility index (Phi) is 6.74. The topological polar surface area (TPSA) is 52.6 Å². The molecule has 4 nitrogen and oxygen atoms in total. The third kappa shape index (κ3) is 4.62. The van der Waals surface area contributed by atoms with Crippen LogP contribution in [0.3, 0.4) is 0 Å². The van der Waals surface area contributed by atoms with E-state index in [9.17, 15) is 9.59 Å². The van der Waals surface area contributed by atoms with E-state index in [2.05, 4.69) is 20.4 Å². The van der Waals surface area contributed by atoms with Crippen LogP contribution < -0.4 is 0 Å². The lowest BCUT2D eigenvalue weighted by atomic mass is 9.48. The van der Waals surface area contributed by atoms with Gasteiger partial charge in [-0.25, -0.2) is 4.79 Å². The Morgan fingerprint density at radius 2 is 1.60 bits per heavy atom. The summed E-state index contributed by atoms with van der Waals surface area (Å²) >= 11 is 0. The van der Waals surface area contributed by atoms with Crippen molar-refractivity contribution < 1.29 is 19.1 Å². The lowest BCUT2D eigenvalue weighted by Crippen LogP contribution is -2.60. The second-order valence-electron chi connectivity index (χ2n) is 11.4. The average Bonchev–Trinajstić information content (AvgIpc) is 2.64. The van der Waals surface area contributed by atoms with Crippen molar-refractivity contribution in [3.63, 3.8) is 0 Å². The summed E-state index contributed by atoms with van der Waals surface area (Å²) in [4.78, 5) is 25.4. The molecule has 0 aliphatic heterocycles. The summed E-state index contributed by atoms with van der Waals surface area (Å²) < 4.78 is 12.2. The van der Waals surface area contributed by atoms with Gasteiger partial charge in [0.15, 0.2) is 0 Å². The quantitative estimate of drug-likeness (QED) is 0.336. The molecule has 4 heteroatoms. The van der Waals surface area contributed by atoms with Crippen LogP contribution in [-0.4, -0.2) is 23.1 Å². The van der Waals surface area contributed by atoms with E-state index in [1.54, 1.807) is 6.92 Å². The number of carbonyl (C=O) groups excluding carboxylic acids is 2. The van der Waals surface area contributed by atoms with Gasteiger partial charge in [0.2, 0.25) is 0 Å². The maximum absolute atomic E-state index is 13.4. The third-order valence-electron chi connectivity index (χ3n) is 8.11. The molecule has 0 aromatic carbocycles. The SMILES string of the molecule is C=C(C)C(=O)OC(C)(CC)CC(C)C(=O)OC1(CC(C)C)C2CC3CC(C2)CC1C3. The van der Waals surface area contributed by atoms with E-state index in [1.165, 1.54) is 32.1 Å². The van der Waals surface area contributed by atoms with Crippen LogP contribution in [0.4, 0.5) is 0 Å². The first-order valence-electron chi connectivity index (χ1n) is 12.1. The van der Waals surface area contributed by atoms with Crippen LogP contribution in [0.25, 0.3) is 0 Å². The van der Waals surface area contributed by atoms with Crippen LogP contribution in [0, 0.1) is 35.5 Å². The smallest absolute Gasteiger partial charge is 0.333 e. The second kappa shape index (κ2) is 8.67. The van der Waals surface area contributed by atoms with Crippen molar-refractivity contribution in [1.82, 2.24) is 0 Å². The molecule has 4 rings (SSSR count). The van der Waals surface area contributed by atoms with Crippen LogP contribution >= 0.6 is 0 Å². The molecule has 4 bridgehead atoms. The number of rotatable bonds is 9. The van der Waals surface area contributed by atoms with Gasteiger partial charge in [-0.3, -0.25) is 4.79 Å². The zero-order chi connectivity index (χ0) is 22.3. The highest BCUT2D eigenvalue weighted by Gasteiger charge is 2.59. The van der Waals surface area contributed by atoms with Gasteiger partial charge in [0.1, 0.15) is 11.2 Å². The maximum atomic E-state index is 13.4. The van der Waals surface area contributed by atoms with Crippen molar-refractivity contribution in [2.24, 2.45) is 35.5 Å². The van der Waals surface area contributed by atoms with E-state index < -0.39 is 11.6 Å². The van der Waals surface area contributed by atoms with Gasteiger partial charge >= 0.3 is 11.9 Å². The van der Waals surface area contributed by atoms with Gasteiger partial charge in [-0.15, -0.1) is 0 Å². The van der Waals surface area contributed by atoms with Crippen LogP contribution in [0.5, 0.6) is 0 Å². The molecule has 0 N–H and O–H groups in total. The first-order valence-corrected chi connectivity index (χ1v) is 12.1. The lowest BCUT2D eigenvalue weighted by Gasteiger charge is -2.61. The highest BCUT2D eigenvalue weighted by Crippen LogP contribution is 2.61. The van der Waals surface area contributed by atoms with Gasteiger partial charge in [-0.05, 0) is 94.8 Å². The molecule has 4 fully saturated rings. The molecule has 0 spiro atoms. The Hall–Kier alpha value is -1.32. The predicted molar refractivity (Wildman–Crippen MR) is 119 cm³/mol. The van der Waals surface area contributed by atoms with Crippen LogP contribution in [0.15, 0.2) is 12.2 Å². The molecule has 4 saturated carbocycles. The number of hydrogen-bond donors (Lipinski definition) is 0. The number of esters is 2. The van der Waals surface area contributed by atoms with Gasteiger partial charge in [0.05, 0.1) is 5.92 Å². The maximum Gasteiger partial charge on any atom is 0.333 e. The molecule has 4 aliphatic rings. The Balaban J connectivity index is 1.73. The van der Waals surface area contributed by atoms with E-state index in [-0.39, 0.29) is 17.5 Å². The molecule has 0 aromatic heterocycles. The fourth-order valence-electron chi connectivity index (χ4n) is 6.75. The fourth-order valence-corrected chi connectivity index (χ4v) is 6.75. The first-order chi connectivity index (χ1) is 14.0. The molecule has 0 radical (unpaired) electrons. The molecule has 2 atom stereocenters. The van der Waals surface area contributed by atoms with Crippen molar-refractivity contribution in [3.8, 4) is 0 Å². The second-order valence-corrected chi connectivity index (χ2v) is 11.4. The van der Waals surface area contributed by atoms with E-state index in [0.717, 1.165) is 18.3 Å². The first kappa shape index (κ1) is 23.3. The van der Waals surface area contributed by atoms with Crippen molar-refractivity contribution in [1.29, 1.82) is 0 Å². The van der Waals surface area contributed by atoms with Gasteiger partial charge in [0.25, 0.3) is 0 Å². The van der Waals surface area contributed by atoms with Crippen LogP contribution in [-0.2, 0) is 19.1 Å². The minimum atomic E-state index is -0.691. The Morgan fingerprint density at radius 1 is 1.07 bits per heavy atom. The largest absolute Gasteiger partial charge is 0.458 e. The molecule has 0 heterocycles. The number of hydrogen-bond acceptors (Lipinski definition) is 4. The monoisotopic (exact) mass is 418 g/mol. The molecule has 30 heavy (non-hydrogen) atoms. The Morgan fingerprint density at radius 3 is 2.03 bits per heavy atom. The van der Waals surface area contributed by atoms with E-state index in [0.29, 0.717) is 36.2 Å². The zero-order valence-electron chi connectivity index (χ0n) is 20.0. The molecule has 0 amide bonds. The van der Waals surface area contributed by atoms with Crippen LogP contribution in [0.2, 0.25) is 0 Å². The summed E-state index contributed by atoms with van der Waals surface area (Å²) in [6, 6.07) is 0. The third-order valence-corrected chi connectivity index (χ3v) is 8.11. The zero-order valence-corrected chi connectivity index (χ0v) is 20.0. The summed E-state index contributed by atoms with van der Waals surface area (Å²) in [5.41, 5.74) is -0.595. The van der Waals surface area contributed by atoms with Gasteiger partial charge in [0, 0.05) is 5.57 Å². The highest BCUT2D eigenvalue weighted by molar-refractivity contribution is 5.87. The summed E-state index contributed by atoms with van der Waals surface area (Å²) in [6.45, 7) is 15.6. The van der Waals surface area contributed by atoms with Crippen molar-refractivity contribution in [3.05, 3.63) is 12.2 Å². The van der Waals surface area contributed by atoms with Gasteiger partial charge in [-0.2, -0.15) is 0 Å². The minimum absolute atomic E-state index is 0.117. The summed E-state index contributed by atoms with van der Waals surface area (Å²) in [5.74, 6) is 2.41. The van der Waals surface area contributed by atoms with E-state index in [1.807, 2.05) is 20.8 Å². The normalized spacial score (nSPS) is 35.0. The van der Waals surface area contributed by atoms with Crippen LogP contribution in [0.1, 0.15) is 92.9 Å². The summed E-state index contributed by atoms with van der Waals surface area (Å²) in [5, 5.41) is 0. The predicted octanol–water partition coefficient (Wildman–Crippen LogP) is 6.08. The summed E-state index contributed by atoms with van der Waals surface area (Å²) in [6.07, 6.45) is 8.38. The standard InChI is InChI=1S/C26H42O4/c1-8-25(7,29-23(27)17(4)5)15-18(6)24(28)30-26(14-16(2)3)21-10-19-9-20(12-21)13-22(26)11-19/h16,18-22H,4,8-15H2,1-3,5-7H3. The van der Waals surface area contributed by atoms with Crippen molar-refractivity contribution in [2.75, 3.05) is 0 Å². The van der Waals surface area contributed by atoms with E-state index >= 15 is 0 Å². The Bertz CT molecular complexity index is 651. The van der Waals surface area contributed by atoms with Gasteiger partial charge < -0.3 is 9.47 Å². The molecular formula is C26H42O4.